The number of thiophene rings is 1. The average Bonchev–Trinajstić information content (AvgIpc) is 2.19. The van der Waals surface area contributed by atoms with Crippen LogP contribution in [0.5, 0.6) is 0 Å². The molecule has 0 bridgehead atoms. The maximum Gasteiger partial charge on any atom is -0.00145 e. The van der Waals surface area contributed by atoms with Gasteiger partial charge in [-0.05, 0) is 28.5 Å². The fourth-order valence-electron chi connectivity index (χ4n) is 0.475. The largest absolute Gasteiger partial charge is 0.152 e. The van der Waals surface area contributed by atoms with Crippen LogP contribution in [-0.2, 0) is 0 Å². The number of hydrogen-bond acceptors (Lipinski definition) is 1. The molecule has 0 aromatic carbocycles. The molecule has 0 spiro atoms. The van der Waals surface area contributed by atoms with E-state index in [1.54, 1.807) is 11.3 Å². The van der Waals surface area contributed by atoms with Crippen molar-refractivity contribution in [2.45, 2.75) is 0 Å². The van der Waals surface area contributed by atoms with Crippen LogP contribution >= 0.6 is 11.3 Å². The van der Waals surface area contributed by atoms with Gasteiger partial charge in [0.05, 0.1) is 0 Å². The van der Waals surface area contributed by atoms with Crippen LogP contribution in [0.4, 0.5) is 0 Å². The molecule has 1 rings (SSSR count). The summed E-state index contributed by atoms with van der Waals surface area (Å²) in [4.78, 5) is 0. The Bertz CT molecular complexity index is 190. The summed E-state index contributed by atoms with van der Waals surface area (Å²) in [6, 6.07) is 2.03. The average molecular weight is 122 g/mol. The van der Waals surface area contributed by atoms with Gasteiger partial charge in [-0.1, -0.05) is 6.58 Å². The van der Waals surface area contributed by atoms with Crippen LogP contribution in [0, 0.1) is 0 Å². The lowest BCUT2D eigenvalue weighted by atomic mass is 10.3. The van der Waals surface area contributed by atoms with E-state index in [0.717, 1.165) is 0 Å². The lowest BCUT2D eigenvalue weighted by Gasteiger charge is -1.71. The van der Waals surface area contributed by atoms with Crippen molar-refractivity contribution in [3.63, 3.8) is 0 Å². The third kappa shape index (κ3) is 1.09. The highest BCUT2D eigenvalue weighted by Crippen LogP contribution is 2.05. The summed E-state index contributed by atoms with van der Waals surface area (Å²) in [6.45, 7) is 3.46. The van der Waals surface area contributed by atoms with Crippen LogP contribution in [0.2, 0.25) is 0 Å². The maximum absolute atomic E-state index is 3.46. The van der Waals surface area contributed by atoms with Crippen molar-refractivity contribution < 1.29 is 0 Å². The highest BCUT2D eigenvalue weighted by atomic mass is 32.1. The molecule has 0 atom stereocenters. The van der Waals surface area contributed by atoms with Gasteiger partial charge in [0.2, 0.25) is 0 Å². The molecular weight excluding hydrogens is 116 g/mol. The minimum Gasteiger partial charge on any atom is -0.152 e. The second-order valence-electron chi connectivity index (χ2n) is 1.41. The first-order valence-corrected chi connectivity index (χ1v) is 3.26. The van der Waals surface area contributed by atoms with Crippen molar-refractivity contribution in [2.75, 3.05) is 0 Å². The Morgan fingerprint density at radius 2 is 2.62 bits per heavy atom. The Hall–Kier alpha value is -0.780. The molecule has 0 amide bonds. The first kappa shape index (κ1) is 5.36. The standard InChI is InChI=1S/C7H6S/c1-2-3-7-4-5-8-6-7/h3-6H,1H2. The van der Waals surface area contributed by atoms with Crippen LogP contribution in [0.1, 0.15) is 5.56 Å². The minimum atomic E-state index is 1.19. The molecule has 0 saturated heterocycles. The molecule has 40 valence electrons. The summed E-state index contributed by atoms with van der Waals surface area (Å²) in [5, 5.41) is 4.08. The monoisotopic (exact) mass is 122 g/mol. The summed E-state index contributed by atoms with van der Waals surface area (Å²) >= 11 is 1.68. The number of rotatable bonds is 1. The molecule has 0 fully saturated rings. The fourth-order valence-corrected chi connectivity index (χ4v) is 1.09. The van der Waals surface area contributed by atoms with Crippen molar-refractivity contribution in [1.29, 1.82) is 0 Å². The Morgan fingerprint density at radius 1 is 1.75 bits per heavy atom. The Balaban J connectivity index is 2.93. The minimum absolute atomic E-state index is 1.19. The van der Waals surface area contributed by atoms with E-state index in [1.165, 1.54) is 5.56 Å². The molecule has 0 aliphatic carbocycles. The van der Waals surface area contributed by atoms with Gasteiger partial charge >= 0.3 is 0 Å². The lowest BCUT2D eigenvalue weighted by Crippen LogP contribution is -1.51. The van der Waals surface area contributed by atoms with E-state index in [-0.39, 0.29) is 0 Å². The summed E-state index contributed by atoms with van der Waals surface area (Å²) in [6.07, 6.45) is 1.86. The molecule has 8 heavy (non-hydrogen) atoms. The summed E-state index contributed by atoms with van der Waals surface area (Å²) in [7, 11) is 0. The van der Waals surface area contributed by atoms with E-state index in [1.807, 2.05) is 17.5 Å². The van der Waals surface area contributed by atoms with Crippen molar-refractivity contribution in [3.05, 3.63) is 34.7 Å². The van der Waals surface area contributed by atoms with Gasteiger partial charge in [0.25, 0.3) is 0 Å². The smallest absolute Gasteiger partial charge is 0.00145 e. The van der Waals surface area contributed by atoms with Crippen molar-refractivity contribution >= 4 is 17.4 Å². The van der Waals surface area contributed by atoms with Gasteiger partial charge in [-0.3, -0.25) is 0 Å². The zero-order chi connectivity index (χ0) is 5.82. The molecule has 0 aliphatic heterocycles. The molecular formula is C7H6S. The Morgan fingerprint density at radius 3 is 3.12 bits per heavy atom. The maximum atomic E-state index is 3.46. The van der Waals surface area contributed by atoms with Crippen molar-refractivity contribution in [3.8, 4) is 0 Å². The lowest BCUT2D eigenvalue weighted by molar-refractivity contribution is 1.89. The van der Waals surface area contributed by atoms with Crippen LogP contribution in [0.3, 0.4) is 0 Å². The topological polar surface area (TPSA) is 0 Å². The zero-order valence-electron chi connectivity index (χ0n) is 4.42. The van der Waals surface area contributed by atoms with Gasteiger partial charge in [0.1, 0.15) is 0 Å². The molecule has 0 aliphatic rings. The molecule has 0 N–H and O–H groups in total. The summed E-state index contributed by atoms with van der Waals surface area (Å²) < 4.78 is 0. The van der Waals surface area contributed by atoms with Gasteiger partial charge in [-0.15, -0.1) is 5.73 Å². The van der Waals surface area contributed by atoms with Crippen molar-refractivity contribution in [1.82, 2.24) is 0 Å². The summed E-state index contributed by atoms with van der Waals surface area (Å²) in [5.41, 5.74) is 3.89. The van der Waals surface area contributed by atoms with Gasteiger partial charge in [-0.25, -0.2) is 0 Å². The highest BCUT2D eigenvalue weighted by Gasteiger charge is 1.79. The predicted octanol–water partition coefficient (Wildman–Crippen LogP) is 2.55. The van der Waals surface area contributed by atoms with E-state index in [4.69, 9.17) is 0 Å². The van der Waals surface area contributed by atoms with Crippen molar-refractivity contribution in [2.24, 2.45) is 0 Å². The molecule has 1 aromatic rings. The Kier molecular flexibility index (Phi) is 1.68. The number of hydrogen-bond donors (Lipinski definition) is 0. The molecule has 0 nitrogen and oxygen atoms in total. The van der Waals surface area contributed by atoms with Gasteiger partial charge in [0, 0.05) is 0 Å². The van der Waals surface area contributed by atoms with Crippen LogP contribution in [-0.4, -0.2) is 0 Å². The normalized spacial score (nSPS) is 8.00. The van der Waals surface area contributed by atoms with Crippen LogP contribution in [0.25, 0.3) is 6.08 Å². The second-order valence-corrected chi connectivity index (χ2v) is 2.19. The SMILES string of the molecule is C=C=Cc1ccsc1. The molecule has 1 heteroatoms. The molecule has 0 unspecified atom stereocenters. The molecule has 1 aromatic heterocycles. The van der Waals surface area contributed by atoms with Gasteiger partial charge < -0.3 is 0 Å². The third-order valence-electron chi connectivity index (χ3n) is 0.812. The van der Waals surface area contributed by atoms with Crippen LogP contribution in [0.15, 0.2) is 29.1 Å². The summed E-state index contributed by atoms with van der Waals surface area (Å²) in [5.74, 6) is 0. The fraction of sp³-hybridized carbons (Fsp3) is 0. The zero-order valence-corrected chi connectivity index (χ0v) is 5.24. The van der Waals surface area contributed by atoms with Gasteiger partial charge in [0.15, 0.2) is 0 Å². The predicted molar refractivity (Wildman–Crippen MR) is 37.9 cm³/mol. The first-order valence-electron chi connectivity index (χ1n) is 2.31. The second kappa shape index (κ2) is 2.51. The molecule has 0 radical (unpaired) electrons. The first-order chi connectivity index (χ1) is 3.93. The molecule has 1 heterocycles. The molecule has 0 saturated carbocycles. The van der Waals surface area contributed by atoms with E-state index in [9.17, 15) is 0 Å². The quantitative estimate of drug-likeness (QED) is 0.502. The van der Waals surface area contributed by atoms with E-state index in [0.29, 0.717) is 0 Å². The van der Waals surface area contributed by atoms with E-state index >= 15 is 0 Å². The van der Waals surface area contributed by atoms with E-state index < -0.39 is 0 Å². The highest BCUT2D eigenvalue weighted by molar-refractivity contribution is 7.08. The van der Waals surface area contributed by atoms with E-state index in [2.05, 4.69) is 17.7 Å². The Labute approximate surface area is 52.8 Å². The van der Waals surface area contributed by atoms with Crippen LogP contribution < -0.4 is 0 Å². The third-order valence-corrected chi connectivity index (χ3v) is 1.51. The van der Waals surface area contributed by atoms with Gasteiger partial charge in [-0.2, -0.15) is 11.3 Å².